The molecule has 0 aromatic heterocycles. The van der Waals surface area contributed by atoms with Gasteiger partial charge in [-0.05, 0) is 83.0 Å². The summed E-state index contributed by atoms with van der Waals surface area (Å²) in [5.41, 5.74) is -2.12. The number of thioether (sulfide) groups is 1. The number of ether oxygens (including phenoxy) is 2. The molecule has 11 atom stereocenters. The van der Waals surface area contributed by atoms with Crippen molar-refractivity contribution in [2.45, 2.75) is 135 Å². The second-order valence-corrected chi connectivity index (χ2v) is 16.4. The summed E-state index contributed by atoms with van der Waals surface area (Å²) in [5.74, 6) is -0.198. The predicted molar refractivity (Wildman–Crippen MR) is 164 cm³/mol. The molecule has 4 fully saturated rings. The van der Waals surface area contributed by atoms with E-state index in [0.717, 1.165) is 19.3 Å². The Morgan fingerprint density at radius 1 is 1.14 bits per heavy atom. The number of aliphatic hydroxyl groups excluding tert-OH is 2. The van der Waals surface area contributed by atoms with Crippen molar-refractivity contribution in [3.05, 3.63) is 12.7 Å². The number of Topliss-reactive ketones (excluding diaryl/α,β-unsaturated/α-hetero) is 1. The highest BCUT2D eigenvalue weighted by Gasteiger charge is 2.68. The van der Waals surface area contributed by atoms with Crippen molar-refractivity contribution in [2.75, 3.05) is 5.75 Å². The molecule has 0 heterocycles. The van der Waals surface area contributed by atoms with Crippen molar-refractivity contribution in [1.29, 1.82) is 0 Å². The van der Waals surface area contributed by atoms with Gasteiger partial charge in [-0.1, -0.05) is 33.8 Å². The molecule has 0 spiro atoms. The zero-order valence-corrected chi connectivity index (χ0v) is 27.4. The lowest BCUT2D eigenvalue weighted by Gasteiger charge is -2.61. The van der Waals surface area contributed by atoms with Crippen LogP contribution in [0.2, 0.25) is 0 Å². The molecule has 3 N–H and O–H groups in total. The number of aliphatic hydroxyl groups is 2. The van der Waals surface area contributed by atoms with E-state index < -0.39 is 40.8 Å². The van der Waals surface area contributed by atoms with Crippen LogP contribution in [0.5, 0.6) is 0 Å². The van der Waals surface area contributed by atoms with Crippen LogP contribution in [-0.2, 0) is 19.1 Å². The SMILES string of the molecule is C=C[C@]1(C)C[C@@H](OC(=O)CS[C@@H]2CC[C@@H](NC(=O)OC(C)(C)C)C[C@H]2O)[C@]2(C)C(C)CC[C@]3(CCC(=O)[C@H]32)[C@@H](C)[C@@H]1O. The van der Waals surface area contributed by atoms with E-state index in [1.165, 1.54) is 11.8 Å². The van der Waals surface area contributed by atoms with Gasteiger partial charge >= 0.3 is 12.1 Å². The monoisotopic (exact) mass is 607 g/mol. The van der Waals surface area contributed by atoms with Crippen LogP contribution in [0.4, 0.5) is 4.79 Å². The van der Waals surface area contributed by atoms with Crippen LogP contribution in [0, 0.1) is 34.0 Å². The molecular formula is C33H53NO7S. The van der Waals surface area contributed by atoms with Gasteiger partial charge in [0.2, 0.25) is 0 Å². The fourth-order valence-electron chi connectivity index (χ4n) is 8.79. The Bertz CT molecular complexity index is 1060. The normalized spacial score (nSPS) is 43.9. The molecule has 42 heavy (non-hydrogen) atoms. The average molecular weight is 608 g/mol. The number of nitrogens with one attached hydrogen (secondary N) is 1. The third kappa shape index (κ3) is 6.16. The van der Waals surface area contributed by atoms with Gasteiger partial charge in [0, 0.05) is 34.5 Å². The maximum absolute atomic E-state index is 13.6. The minimum atomic E-state index is -0.698. The van der Waals surface area contributed by atoms with Gasteiger partial charge in [0.15, 0.2) is 0 Å². The first-order valence-corrected chi connectivity index (χ1v) is 16.8. The molecule has 0 aromatic carbocycles. The van der Waals surface area contributed by atoms with Gasteiger partial charge in [-0.25, -0.2) is 4.79 Å². The second-order valence-electron chi connectivity index (χ2n) is 15.1. The van der Waals surface area contributed by atoms with E-state index in [4.69, 9.17) is 9.47 Å². The zero-order chi connectivity index (χ0) is 31.3. The number of esters is 1. The maximum atomic E-state index is 13.6. The van der Waals surface area contributed by atoms with E-state index in [-0.39, 0.29) is 52.0 Å². The largest absolute Gasteiger partial charge is 0.461 e. The lowest BCUT2D eigenvalue weighted by molar-refractivity contribution is -0.205. The van der Waals surface area contributed by atoms with Gasteiger partial charge in [0.1, 0.15) is 17.5 Å². The molecule has 4 saturated carbocycles. The summed E-state index contributed by atoms with van der Waals surface area (Å²) in [6, 6.07) is -0.184. The number of carbonyl (C=O) groups excluding carboxylic acids is 3. The Kier molecular flexibility index (Phi) is 9.58. The third-order valence-corrected chi connectivity index (χ3v) is 12.8. The topological polar surface area (TPSA) is 122 Å². The molecule has 1 unspecified atom stereocenters. The molecule has 4 aliphatic carbocycles. The number of amides is 1. The molecule has 8 nitrogen and oxygen atoms in total. The van der Waals surface area contributed by atoms with Crippen molar-refractivity contribution in [1.82, 2.24) is 5.32 Å². The fraction of sp³-hybridized carbons (Fsp3) is 0.848. The first kappa shape index (κ1) is 33.3. The minimum Gasteiger partial charge on any atom is -0.461 e. The molecule has 0 aromatic rings. The zero-order valence-electron chi connectivity index (χ0n) is 26.6. The standard InChI is InChI=1S/C33H53NO7S/c1-9-31(7)17-25(32(8)19(2)12-14-33(20(3)28(31)38)15-13-22(35)27(32)33)40-26(37)18-42-24-11-10-21(16-23(24)36)34-29(39)41-30(4,5)6/h9,19-21,23-25,27-28,36,38H,1,10-18H2,2-8H3,(H,34,39)/t19?,20-,21+,23+,24+,25+,27-,28-,31+,32-,33-/m0/s1. The summed E-state index contributed by atoms with van der Waals surface area (Å²) in [4.78, 5) is 39.2. The van der Waals surface area contributed by atoms with Crippen LogP contribution < -0.4 is 5.32 Å². The van der Waals surface area contributed by atoms with Crippen LogP contribution >= 0.6 is 11.8 Å². The van der Waals surface area contributed by atoms with E-state index in [0.29, 0.717) is 32.1 Å². The molecular weight excluding hydrogens is 554 g/mol. The van der Waals surface area contributed by atoms with Crippen LogP contribution in [-0.4, -0.2) is 69.0 Å². The van der Waals surface area contributed by atoms with Crippen molar-refractivity contribution in [3.8, 4) is 0 Å². The Balaban J connectivity index is 1.45. The van der Waals surface area contributed by atoms with Crippen LogP contribution in [0.3, 0.4) is 0 Å². The Morgan fingerprint density at radius 2 is 1.83 bits per heavy atom. The molecule has 238 valence electrons. The fourth-order valence-corrected chi connectivity index (χ4v) is 9.84. The van der Waals surface area contributed by atoms with Gasteiger partial charge in [0.05, 0.1) is 18.0 Å². The van der Waals surface area contributed by atoms with Gasteiger partial charge in [-0.2, -0.15) is 0 Å². The van der Waals surface area contributed by atoms with E-state index in [9.17, 15) is 24.6 Å². The number of carbonyl (C=O) groups is 3. The molecule has 2 bridgehead atoms. The molecule has 0 saturated heterocycles. The highest BCUT2D eigenvalue weighted by molar-refractivity contribution is 8.00. The molecule has 0 radical (unpaired) electrons. The van der Waals surface area contributed by atoms with Gasteiger partial charge < -0.3 is 25.0 Å². The van der Waals surface area contributed by atoms with Crippen LogP contribution in [0.1, 0.15) is 99.8 Å². The van der Waals surface area contributed by atoms with E-state index >= 15 is 0 Å². The summed E-state index contributed by atoms with van der Waals surface area (Å²) < 4.78 is 11.7. The first-order chi connectivity index (χ1) is 19.5. The van der Waals surface area contributed by atoms with Gasteiger partial charge in [-0.15, -0.1) is 18.3 Å². The predicted octanol–water partition coefficient (Wildman–Crippen LogP) is 5.43. The van der Waals surface area contributed by atoms with E-state index in [2.05, 4.69) is 32.7 Å². The Hall–Kier alpha value is -1.58. The summed E-state index contributed by atoms with van der Waals surface area (Å²) in [7, 11) is 0. The van der Waals surface area contributed by atoms with Crippen molar-refractivity contribution < 1.29 is 34.1 Å². The van der Waals surface area contributed by atoms with Gasteiger partial charge in [0.25, 0.3) is 0 Å². The lowest BCUT2D eigenvalue weighted by atomic mass is 9.44. The number of ketones is 1. The smallest absolute Gasteiger partial charge is 0.407 e. The van der Waals surface area contributed by atoms with Crippen molar-refractivity contribution in [2.24, 2.45) is 34.0 Å². The number of hydrogen-bond acceptors (Lipinski definition) is 8. The van der Waals surface area contributed by atoms with E-state index in [1.54, 1.807) is 6.08 Å². The second kappa shape index (κ2) is 12.1. The average Bonchev–Trinajstić information content (AvgIpc) is 3.25. The summed E-state index contributed by atoms with van der Waals surface area (Å²) >= 11 is 1.39. The number of hydrogen-bond donors (Lipinski definition) is 3. The lowest BCUT2D eigenvalue weighted by Crippen LogP contribution is -2.63. The molecule has 4 rings (SSSR count). The number of alkyl carbamates (subject to hydrolysis) is 1. The molecule has 1 amide bonds. The maximum Gasteiger partial charge on any atom is 0.407 e. The quantitative estimate of drug-likeness (QED) is 0.270. The van der Waals surface area contributed by atoms with Crippen molar-refractivity contribution in [3.63, 3.8) is 0 Å². The minimum absolute atomic E-state index is 0.0718. The molecule has 9 heteroatoms. The molecule has 0 aliphatic heterocycles. The Labute approximate surface area is 256 Å². The highest BCUT2D eigenvalue weighted by atomic mass is 32.2. The summed E-state index contributed by atoms with van der Waals surface area (Å²) in [6.07, 6.45) is 4.63. The highest BCUT2D eigenvalue weighted by Crippen LogP contribution is 2.68. The number of rotatable bonds is 6. The van der Waals surface area contributed by atoms with Crippen LogP contribution in [0.25, 0.3) is 0 Å². The van der Waals surface area contributed by atoms with Crippen molar-refractivity contribution >= 4 is 29.6 Å². The first-order valence-electron chi connectivity index (χ1n) is 15.8. The Morgan fingerprint density at radius 3 is 2.45 bits per heavy atom. The van der Waals surface area contributed by atoms with Crippen LogP contribution in [0.15, 0.2) is 12.7 Å². The third-order valence-electron chi connectivity index (χ3n) is 11.5. The van der Waals surface area contributed by atoms with E-state index in [1.807, 2.05) is 27.7 Å². The van der Waals surface area contributed by atoms with Gasteiger partial charge in [-0.3, -0.25) is 9.59 Å². The molecule has 4 aliphatic rings. The summed E-state index contributed by atoms with van der Waals surface area (Å²) in [5, 5.41) is 25.2. The summed E-state index contributed by atoms with van der Waals surface area (Å²) in [6.45, 7) is 17.9.